The molecule has 3 aromatic carbocycles. The van der Waals surface area contributed by atoms with E-state index in [-0.39, 0.29) is 17.7 Å². The van der Waals surface area contributed by atoms with Gasteiger partial charge in [-0.25, -0.2) is 8.78 Å². The third-order valence-corrected chi connectivity index (χ3v) is 5.93. The molecule has 0 spiro atoms. The first-order valence-electron chi connectivity index (χ1n) is 10.9. The normalized spacial score (nSPS) is 15.5. The van der Waals surface area contributed by atoms with E-state index in [0.717, 1.165) is 55.2 Å². The van der Waals surface area contributed by atoms with E-state index in [9.17, 15) is 8.78 Å². The third kappa shape index (κ3) is 5.61. The first-order chi connectivity index (χ1) is 15.6. The van der Waals surface area contributed by atoms with E-state index in [1.165, 1.54) is 24.3 Å². The zero-order valence-corrected chi connectivity index (χ0v) is 18.3. The number of ether oxygens (including phenoxy) is 1. The SMILES string of the molecule is COc1ccc(C=CCN2CCN(C(c3ccc(F)cc3)c3ccc(F)cc3)CC2)cc1. The summed E-state index contributed by atoms with van der Waals surface area (Å²) in [5.74, 6) is 0.357. The Kier molecular flexibility index (Phi) is 7.30. The third-order valence-electron chi connectivity index (χ3n) is 5.93. The Bertz CT molecular complexity index is 964. The molecule has 5 heteroatoms. The van der Waals surface area contributed by atoms with Gasteiger partial charge < -0.3 is 4.74 Å². The number of piperazine rings is 1. The van der Waals surface area contributed by atoms with Crippen LogP contribution in [0.15, 0.2) is 78.9 Å². The lowest BCUT2D eigenvalue weighted by atomic mass is 9.96. The fourth-order valence-electron chi connectivity index (χ4n) is 4.16. The first-order valence-corrected chi connectivity index (χ1v) is 10.9. The summed E-state index contributed by atoms with van der Waals surface area (Å²) in [6.45, 7) is 4.53. The van der Waals surface area contributed by atoms with Crippen LogP contribution in [-0.2, 0) is 0 Å². The molecule has 1 aliphatic heterocycles. The van der Waals surface area contributed by atoms with Gasteiger partial charge in [0.1, 0.15) is 17.4 Å². The van der Waals surface area contributed by atoms with Crippen molar-refractivity contribution in [2.45, 2.75) is 6.04 Å². The van der Waals surface area contributed by atoms with Crippen molar-refractivity contribution in [3.63, 3.8) is 0 Å². The molecule has 1 saturated heterocycles. The van der Waals surface area contributed by atoms with Gasteiger partial charge in [-0.2, -0.15) is 0 Å². The van der Waals surface area contributed by atoms with Gasteiger partial charge in [-0.1, -0.05) is 48.6 Å². The highest BCUT2D eigenvalue weighted by Crippen LogP contribution is 2.30. The van der Waals surface area contributed by atoms with Crippen molar-refractivity contribution in [1.29, 1.82) is 0 Å². The largest absolute Gasteiger partial charge is 0.497 e. The smallest absolute Gasteiger partial charge is 0.123 e. The molecule has 0 amide bonds. The average molecular weight is 435 g/mol. The summed E-state index contributed by atoms with van der Waals surface area (Å²) < 4.78 is 32.2. The van der Waals surface area contributed by atoms with Crippen LogP contribution in [0.2, 0.25) is 0 Å². The second-order valence-corrected chi connectivity index (χ2v) is 8.02. The van der Waals surface area contributed by atoms with Crippen LogP contribution in [0.3, 0.4) is 0 Å². The fourth-order valence-corrected chi connectivity index (χ4v) is 4.16. The summed E-state index contributed by atoms with van der Waals surface area (Å²) in [7, 11) is 1.67. The molecular formula is C27H28F2N2O. The maximum atomic E-state index is 13.5. The molecule has 0 N–H and O–H groups in total. The van der Waals surface area contributed by atoms with Gasteiger partial charge in [-0.05, 0) is 53.1 Å². The molecule has 1 heterocycles. The van der Waals surface area contributed by atoms with Crippen LogP contribution < -0.4 is 4.74 Å². The average Bonchev–Trinajstić information content (AvgIpc) is 2.83. The fraction of sp³-hybridized carbons (Fsp3) is 0.259. The Morgan fingerprint density at radius 1 is 0.781 bits per heavy atom. The van der Waals surface area contributed by atoms with E-state index in [2.05, 4.69) is 22.0 Å². The number of halogens is 2. The Morgan fingerprint density at radius 2 is 1.31 bits per heavy atom. The van der Waals surface area contributed by atoms with Crippen molar-refractivity contribution in [2.75, 3.05) is 39.8 Å². The zero-order chi connectivity index (χ0) is 22.3. The van der Waals surface area contributed by atoms with Gasteiger partial charge in [0.25, 0.3) is 0 Å². The van der Waals surface area contributed by atoms with E-state index >= 15 is 0 Å². The lowest BCUT2D eigenvalue weighted by Crippen LogP contribution is -2.47. The molecule has 0 atom stereocenters. The second kappa shape index (κ2) is 10.5. The molecule has 166 valence electrons. The maximum Gasteiger partial charge on any atom is 0.123 e. The van der Waals surface area contributed by atoms with E-state index in [1.54, 1.807) is 7.11 Å². The van der Waals surface area contributed by atoms with Crippen molar-refractivity contribution >= 4 is 6.08 Å². The number of rotatable bonds is 7. The van der Waals surface area contributed by atoms with Gasteiger partial charge in [-0.15, -0.1) is 0 Å². The monoisotopic (exact) mass is 434 g/mol. The molecule has 0 bridgehead atoms. The highest BCUT2D eigenvalue weighted by Gasteiger charge is 2.26. The standard InChI is InChI=1S/C27H28F2N2O/c1-32-26-14-4-21(5-15-26)3-2-16-30-17-19-31(20-18-30)27(22-6-10-24(28)11-7-22)23-8-12-25(29)13-9-23/h2-15,27H,16-20H2,1H3. The molecule has 3 aromatic rings. The predicted molar refractivity (Wildman–Crippen MR) is 125 cm³/mol. The number of hydrogen-bond donors (Lipinski definition) is 0. The maximum absolute atomic E-state index is 13.5. The van der Waals surface area contributed by atoms with Crippen LogP contribution in [0, 0.1) is 11.6 Å². The van der Waals surface area contributed by atoms with E-state index in [4.69, 9.17) is 4.74 Å². The number of nitrogens with zero attached hydrogens (tertiary/aromatic N) is 2. The molecule has 3 nitrogen and oxygen atoms in total. The summed E-state index contributed by atoms with van der Waals surface area (Å²) in [5.41, 5.74) is 3.19. The van der Waals surface area contributed by atoms with E-state index < -0.39 is 0 Å². The number of benzene rings is 3. The molecule has 1 fully saturated rings. The van der Waals surface area contributed by atoms with Crippen molar-refractivity contribution in [3.8, 4) is 5.75 Å². The molecule has 0 saturated carbocycles. The number of methoxy groups -OCH3 is 1. The summed E-state index contributed by atoms with van der Waals surface area (Å²) >= 11 is 0. The van der Waals surface area contributed by atoms with Crippen LogP contribution in [-0.4, -0.2) is 49.6 Å². The minimum absolute atomic E-state index is 0.0202. The molecule has 0 radical (unpaired) electrons. The summed E-state index contributed by atoms with van der Waals surface area (Å²) in [4.78, 5) is 4.81. The van der Waals surface area contributed by atoms with Gasteiger partial charge in [0.15, 0.2) is 0 Å². The topological polar surface area (TPSA) is 15.7 Å². The number of hydrogen-bond acceptors (Lipinski definition) is 3. The lowest BCUT2D eigenvalue weighted by Gasteiger charge is -2.39. The van der Waals surface area contributed by atoms with Crippen molar-refractivity contribution < 1.29 is 13.5 Å². The molecule has 0 aliphatic carbocycles. The summed E-state index contributed by atoms with van der Waals surface area (Å²) in [6, 6.07) is 21.3. The zero-order valence-electron chi connectivity index (χ0n) is 18.3. The second-order valence-electron chi connectivity index (χ2n) is 8.02. The summed E-state index contributed by atoms with van der Waals surface area (Å²) in [5, 5.41) is 0. The Hall–Kier alpha value is -3.02. The molecule has 0 aromatic heterocycles. The van der Waals surface area contributed by atoms with Crippen molar-refractivity contribution in [1.82, 2.24) is 9.80 Å². The van der Waals surface area contributed by atoms with Crippen LogP contribution >= 0.6 is 0 Å². The van der Waals surface area contributed by atoms with Crippen molar-refractivity contribution in [2.24, 2.45) is 0 Å². The molecule has 0 unspecified atom stereocenters. The van der Waals surface area contributed by atoms with Crippen LogP contribution in [0.5, 0.6) is 5.75 Å². The molecule has 32 heavy (non-hydrogen) atoms. The van der Waals surface area contributed by atoms with E-state index in [0.29, 0.717) is 0 Å². The highest BCUT2D eigenvalue weighted by atomic mass is 19.1. The van der Waals surface area contributed by atoms with Gasteiger partial charge in [0.2, 0.25) is 0 Å². The van der Waals surface area contributed by atoms with Gasteiger partial charge in [-0.3, -0.25) is 9.80 Å². The Labute approximate surface area is 188 Å². The lowest BCUT2D eigenvalue weighted by molar-refractivity contribution is 0.118. The van der Waals surface area contributed by atoms with E-state index in [1.807, 2.05) is 48.5 Å². The Balaban J connectivity index is 1.40. The minimum Gasteiger partial charge on any atom is -0.497 e. The van der Waals surface area contributed by atoms with Crippen LogP contribution in [0.25, 0.3) is 6.08 Å². The van der Waals surface area contributed by atoms with Gasteiger partial charge in [0.05, 0.1) is 13.2 Å². The van der Waals surface area contributed by atoms with Crippen molar-refractivity contribution in [3.05, 3.63) is 107 Å². The minimum atomic E-state index is -0.250. The molecular weight excluding hydrogens is 406 g/mol. The van der Waals surface area contributed by atoms with Gasteiger partial charge in [0, 0.05) is 32.7 Å². The van der Waals surface area contributed by atoms with Gasteiger partial charge >= 0.3 is 0 Å². The Morgan fingerprint density at radius 3 is 1.81 bits per heavy atom. The highest BCUT2D eigenvalue weighted by molar-refractivity contribution is 5.50. The molecule has 4 rings (SSSR count). The predicted octanol–water partition coefficient (Wildman–Crippen LogP) is 5.39. The molecule has 1 aliphatic rings. The van der Waals surface area contributed by atoms with Crippen LogP contribution in [0.4, 0.5) is 8.78 Å². The van der Waals surface area contributed by atoms with Crippen LogP contribution in [0.1, 0.15) is 22.7 Å². The summed E-state index contributed by atoms with van der Waals surface area (Å²) in [6.07, 6.45) is 4.32. The quantitative estimate of drug-likeness (QED) is 0.496. The first kappa shape index (κ1) is 22.2.